The lowest BCUT2D eigenvalue weighted by Gasteiger charge is -2.08. The van der Waals surface area contributed by atoms with Gasteiger partial charge in [-0.15, -0.1) is 0 Å². The molecule has 0 atom stereocenters. The molecule has 0 bridgehead atoms. The number of nitrogens with one attached hydrogen (secondary N) is 2. The van der Waals surface area contributed by atoms with E-state index >= 15 is 0 Å². The van der Waals surface area contributed by atoms with Crippen molar-refractivity contribution in [2.45, 2.75) is 65.2 Å². The van der Waals surface area contributed by atoms with E-state index in [4.69, 9.17) is 46.4 Å². The quantitative estimate of drug-likeness (QED) is 0.146. The average molecular weight is 572 g/mol. The molecule has 0 aliphatic heterocycles. The van der Waals surface area contributed by atoms with E-state index < -0.39 is 0 Å². The van der Waals surface area contributed by atoms with Gasteiger partial charge in [-0.05, 0) is 49.9 Å². The van der Waals surface area contributed by atoms with Crippen molar-refractivity contribution in [2.75, 3.05) is 0 Å². The van der Waals surface area contributed by atoms with Gasteiger partial charge in [-0.2, -0.15) is 10.2 Å². The Morgan fingerprint density at radius 1 is 0.667 bits per heavy atom. The molecule has 6 nitrogen and oxygen atoms in total. The summed E-state index contributed by atoms with van der Waals surface area (Å²) in [5.41, 5.74) is 8.05. The topological polar surface area (TPSA) is 82.9 Å². The summed E-state index contributed by atoms with van der Waals surface area (Å²) < 4.78 is 0. The zero-order chi connectivity index (χ0) is 26.5. The number of amides is 2. The summed E-state index contributed by atoms with van der Waals surface area (Å²) in [6.07, 6.45) is 5.01. The second kappa shape index (κ2) is 15.9. The molecule has 0 heterocycles. The number of hydrazone groups is 2. The molecule has 194 valence electrons. The van der Waals surface area contributed by atoms with E-state index in [0.717, 1.165) is 24.0 Å². The Hall–Kier alpha value is -2.12. The van der Waals surface area contributed by atoms with Crippen molar-refractivity contribution in [1.29, 1.82) is 0 Å². The summed E-state index contributed by atoms with van der Waals surface area (Å²) in [7, 11) is 0. The Morgan fingerprint density at radius 3 is 1.39 bits per heavy atom. The molecule has 0 fully saturated rings. The van der Waals surface area contributed by atoms with Gasteiger partial charge in [-0.3, -0.25) is 9.59 Å². The fraction of sp³-hybridized carbons (Fsp3) is 0.385. The van der Waals surface area contributed by atoms with Crippen LogP contribution in [0.2, 0.25) is 20.1 Å². The number of unbranched alkanes of at least 4 members (excludes halogenated alkanes) is 3. The number of carbonyl (C=O) groups is 2. The minimum absolute atomic E-state index is 0.161. The smallest absolute Gasteiger partial charge is 0.240 e. The molecule has 2 rings (SSSR count). The second-order valence-electron chi connectivity index (χ2n) is 8.06. The minimum atomic E-state index is -0.161. The highest BCUT2D eigenvalue weighted by Gasteiger charge is 2.10. The van der Waals surface area contributed by atoms with Crippen LogP contribution in [-0.2, 0) is 9.59 Å². The predicted octanol–water partition coefficient (Wildman–Crippen LogP) is 7.80. The van der Waals surface area contributed by atoms with Gasteiger partial charge in [0.2, 0.25) is 11.8 Å². The van der Waals surface area contributed by atoms with E-state index in [9.17, 15) is 9.59 Å². The van der Waals surface area contributed by atoms with Crippen molar-refractivity contribution in [2.24, 2.45) is 10.2 Å². The maximum Gasteiger partial charge on any atom is 0.240 e. The van der Waals surface area contributed by atoms with Gasteiger partial charge < -0.3 is 0 Å². The standard InChI is InChI=1S/C26H30Cl4N4O2/c1-3-23(19-13-11-17(27)15-21(19)29)31-33-25(35)9-7-5-6-8-10-26(36)34-32-24(4-2)20-14-12-18(28)16-22(20)30/h11-16H,3-10H2,1-2H3,(H,33,35)(H,34,36). The maximum atomic E-state index is 12.1. The summed E-state index contributed by atoms with van der Waals surface area (Å²) >= 11 is 24.3. The third-order valence-corrected chi connectivity index (χ3v) is 6.44. The Balaban J connectivity index is 1.68. The molecule has 0 saturated carbocycles. The fourth-order valence-corrected chi connectivity index (χ4v) is 4.44. The minimum Gasteiger partial charge on any atom is -0.273 e. The van der Waals surface area contributed by atoms with Crippen LogP contribution < -0.4 is 10.9 Å². The highest BCUT2D eigenvalue weighted by Crippen LogP contribution is 2.23. The Kier molecular flexibility index (Phi) is 13.3. The predicted molar refractivity (Wildman–Crippen MR) is 151 cm³/mol. The van der Waals surface area contributed by atoms with E-state index in [-0.39, 0.29) is 11.8 Å². The summed E-state index contributed by atoms with van der Waals surface area (Å²) in [5, 5.41) is 10.5. The summed E-state index contributed by atoms with van der Waals surface area (Å²) in [6.45, 7) is 3.88. The number of carbonyl (C=O) groups excluding carboxylic acids is 2. The lowest BCUT2D eigenvalue weighted by Crippen LogP contribution is -2.20. The van der Waals surface area contributed by atoms with Crippen LogP contribution in [0.15, 0.2) is 46.6 Å². The van der Waals surface area contributed by atoms with Crippen molar-refractivity contribution >= 4 is 69.6 Å². The first kappa shape index (κ1) is 30.1. The van der Waals surface area contributed by atoms with E-state index in [0.29, 0.717) is 70.0 Å². The molecule has 0 aliphatic carbocycles. The Morgan fingerprint density at radius 2 is 1.06 bits per heavy atom. The van der Waals surface area contributed by atoms with Crippen LogP contribution in [0, 0.1) is 0 Å². The van der Waals surface area contributed by atoms with Crippen molar-refractivity contribution in [3.05, 3.63) is 67.6 Å². The first-order valence-electron chi connectivity index (χ1n) is 11.9. The monoisotopic (exact) mass is 570 g/mol. The molecule has 2 amide bonds. The largest absolute Gasteiger partial charge is 0.273 e. The average Bonchev–Trinajstić information content (AvgIpc) is 2.84. The number of halogens is 4. The van der Waals surface area contributed by atoms with Crippen molar-refractivity contribution in [3.63, 3.8) is 0 Å². The number of benzene rings is 2. The third-order valence-electron chi connectivity index (χ3n) is 5.34. The van der Waals surface area contributed by atoms with Crippen LogP contribution in [0.3, 0.4) is 0 Å². The Labute approximate surface area is 232 Å². The van der Waals surface area contributed by atoms with Gasteiger partial charge in [0.15, 0.2) is 0 Å². The van der Waals surface area contributed by atoms with Gasteiger partial charge >= 0.3 is 0 Å². The second-order valence-corrected chi connectivity index (χ2v) is 9.74. The molecule has 0 unspecified atom stereocenters. The Bertz CT molecular complexity index is 1030. The molecular weight excluding hydrogens is 542 g/mol. The van der Waals surface area contributed by atoms with Crippen molar-refractivity contribution < 1.29 is 9.59 Å². The molecule has 2 N–H and O–H groups in total. The highest BCUT2D eigenvalue weighted by atomic mass is 35.5. The molecular formula is C26H30Cl4N4O2. The van der Waals surface area contributed by atoms with Gasteiger partial charge in [-0.25, -0.2) is 10.9 Å². The normalized spacial score (nSPS) is 11.9. The molecule has 0 aliphatic rings. The van der Waals surface area contributed by atoms with Crippen LogP contribution in [0.5, 0.6) is 0 Å². The van der Waals surface area contributed by atoms with Crippen molar-refractivity contribution in [1.82, 2.24) is 10.9 Å². The number of rotatable bonds is 13. The molecule has 0 aromatic heterocycles. The number of nitrogens with zero attached hydrogens (tertiary/aromatic N) is 2. The SMILES string of the molecule is CCC(=NNC(=O)CCCCCCC(=O)NN=C(CC)c1ccc(Cl)cc1Cl)c1ccc(Cl)cc1Cl. The first-order valence-corrected chi connectivity index (χ1v) is 13.4. The van der Waals surface area contributed by atoms with Gasteiger partial charge in [0.1, 0.15) is 0 Å². The number of hydrogen-bond acceptors (Lipinski definition) is 4. The molecule has 10 heteroatoms. The van der Waals surface area contributed by atoms with Crippen LogP contribution >= 0.6 is 46.4 Å². The van der Waals surface area contributed by atoms with Crippen LogP contribution in [0.1, 0.15) is 76.3 Å². The lowest BCUT2D eigenvalue weighted by atomic mass is 10.1. The zero-order valence-electron chi connectivity index (χ0n) is 20.3. The molecule has 0 saturated heterocycles. The van der Waals surface area contributed by atoms with Gasteiger partial charge in [0.25, 0.3) is 0 Å². The third kappa shape index (κ3) is 10.1. The van der Waals surface area contributed by atoms with Crippen molar-refractivity contribution in [3.8, 4) is 0 Å². The van der Waals surface area contributed by atoms with E-state index in [1.165, 1.54) is 0 Å². The van der Waals surface area contributed by atoms with Crippen LogP contribution in [0.4, 0.5) is 0 Å². The first-order chi connectivity index (χ1) is 17.2. The highest BCUT2D eigenvalue weighted by molar-refractivity contribution is 6.37. The maximum absolute atomic E-state index is 12.1. The van der Waals surface area contributed by atoms with Gasteiger partial charge in [0.05, 0.1) is 21.5 Å². The van der Waals surface area contributed by atoms with E-state index in [2.05, 4.69) is 21.1 Å². The molecule has 36 heavy (non-hydrogen) atoms. The molecule has 0 radical (unpaired) electrons. The summed E-state index contributed by atoms with van der Waals surface area (Å²) in [4.78, 5) is 24.3. The van der Waals surface area contributed by atoms with E-state index in [1.54, 1.807) is 36.4 Å². The fourth-order valence-electron chi connectivity index (χ4n) is 3.40. The number of hydrogen-bond donors (Lipinski definition) is 2. The summed E-state index contributed by atoms with van der Waals surface area (Å²) in [6, 6.07) is 10.3. The lowest BCUT2D eigenvalue weighted by molar-refractivity contribution is -0.122. The van der Waals surface area contributed by atoms with Crippen LogP contribution in [-0.4, -0.2) is 23.2 Å². The molecule has 2 aromatic rings. The van der Waals surface area contributed by atoms with E-state index in [1.807, 2.05) is 13.8 Å². The summed E-state index contributed by atoms with van der Waals surface area (Å²) in [5.74, 6) is -0.322. The zero-order valence-corrected chi connectivity index (χ0v) is 23.4. The van der Waals surface area contributed by atoms with Crippen LogP contribution in [0.25, 0.3) is 0 Å². The van der Waals surface area contributed by atoms with Gasteiger partial charge in [0, 0.05) is 34.0 Å². The van der Waals surface area contributed by atoms with Gasteiger partial charge in [-0.1, -0.05) is 85.2 Å². The molecule has 0 spiro atoms. The molecule has 2 aromatic carbocycles.